The Morgan fingerprint density at radius 2 is 1.57 bits per heavy atom. The van der Waals surface area contributed by atoms with Gasteiger partial charge in [-0.25, -0.2) is 0 Å². The Kier molecular flexibility index (Phi) is 5.11. The summed E-state index contributed by atoms with van der Waals surface area (Å²) in [5, 5.41) is 0. The second kappa shape index (κ2) is 6.87. The number of aryl methyl sites for hydroxylation is 1. The fourth-order valence-electron chi connectivity index (χ4n) is 2.69. The lowest BCUT2D eigenvalue weighted by atomic mass is 9.97. The fourth-order valence-corrected chi connectivity index (χ4v) is 2.69. The Bertz CT molecular complexity index is 752. The summed E-state index contributed by atoms with van der Waals surface area (Å²) >= 11 is 0. The first-order valence-electron chi connectivity index (χ1n) is 7.35. The summed E-state index contributed by atoms with van der Waals surface area (Å²) in [6.45, 7) is 4.20. The van der Waals surface area contributed by atoms with Crippen LogP contribution in [0.25, 0.3) is 11.1 Å². The minimum atomic E-state index is 0.0150. The minimum absolute atomic E-state index is 0.0150. The van der Waals surface area contributed by atoms with E-state index in [1.807, 2.05) is 32.2 Å². The van der Waals surface area contributed by atoms with Crippen molar-refractivity contribution in [1.29, 1.82) is 0 Å². The van der Waals surface area contributed by atoms with Crippen molar-refractivity contribution in [2.45, 2.75) is 20.5 Å². The highest BCUT2D eigenvalue weighted by atomic mass is 16.5. The van der Waals surface area contributed by atoms with Crippen LogP contribution in [0.1, 0.15) is 16.7 Å². The van der Waals surface area contributed by atoms with E-state index in [1.165, 1.54) is 0 Å². The molecule has 2 aromatic rings. The molecule has 124 valence electrons. The number of ether oxygens (including phenoxy) is 3. The Hall–Kier alpha value is -2.27. The van der Waals surface area contributed by atoms with Gasteiger partial charge in [0.2, 0.25) is 0 Å². The zero-order valence-corrected chi connectivity index (χ0v) is 14.5. The Labute approximate surface area is 136 Å². The maximum Gasteiger partial charge on any atom is 0.253 e. The molecular weight excluding hydrogens is 294 g/mol. The van der Waals surface area contributed by atoms with E-state index in [0.29, 0.717) is 18.1 Å². The van der Waals surface area contributed by atoms with Crippen LogP contribution >= 0.6 is 0 Å². The van der Waals surface area contributed by atoms with Gasteiger partial charge in [-0.3, -0.25) is 4.79 Å². The average molecular weight is 317 g/mol. The van der Waals surface area contributed by atoms with Gasteiger partial charge < -0.3 is 18.8 Å². The molecule has 0 amide bonds. The van der Waals surface area contributed by atoms with Crippen molar-refractivity contribution < 1.29 is 14.2 Å². The van der Waals surface area contributed by atoms with E-state index in [0.717, 1.165) is 27.8 Å². The van der Waals surface area contributed by atoms with E-state index >= 15 is 0 Å². The Morgan fingerprint density at radius 1 is 1.00 bits per heavy atom. The zero-order valence-electron chi connectivity index (χ0n) is 14.5. The highest BCUT2D eigenvalue weighted by Crippen LogP contribution is 2.36. The van der Waals surface area contributed by atoms with Gasteiger partial charge in [-0.05, 0) is 37.1 Å². The number of hydrogen-bond donors (Lipinski definition) is 0. The molecule has 0 fully saturated rings. The van der Waals surface area contributed by atoms with Crippen molar-refractivity contribution >= 4 is 0 Å². The molecule has 0 aliphatic heterocycles. The van der Waals surface area contributed by atoms with Crippen LogP contribution in [0.4, 0.5) is 0 Å². The normalized spacial score (nSPS) is 10.7. The first-order valence-corrected chi connectivity index (χ1v) is 7.35. The molecule has 0 radical (unpaired) electrons. The summed E-state index contributed by atoms with van der Waals surface area (Å²) in [6.07, 6.45) is 1.84. The molecule has 0 spiro atoms. The third-order valence-electron chi connectivity index (χ3n) is 4.14. The lowest BCUT2D eigenvalue weighted by molar-refractivity contribution is 0.178. The van der Waals surface area contributed by atoms with Gasteiger partial charge >= 0.3 is 0 Å². The van der Waals surface area contributed by atoms with Gasteiger partial charge in [0.1, 0.15) is 11.5 Å². The van der Waals surface area contributed by atoms with Gasteiger partial charge in [-0.2, -0.15) is 0 Å². The Morgan fingerprint density at radius 3 is 2.04 bits per heavy atom. The highest BCUT2D eigenvalue weighted by Gasteiger charge is 2.16. The topological polar surface area (TPSA) is 49.7 Å². The molecule has 23 heavy (non-hydrogen) atoms. The molecule has 0 N–H and O–H groups in total. The SMILES string of the molecule is COCc1c(OC)cc(-c2cn(C)c(=O)c(C)c2C)cc1OC. The molecule has 0 aliphatic rings. The largest absolute Gasteiger partial charge is 0.496 e. The molecule has 0 bridgehead atoms. The highest BCUT2D eigenvalue weighted by molar-refractivity contribution is 5.72. The van der Waals surface area contributed by atoms with Crippen LogP contribution < -0.4 is 15.0 Å². The smallest absolute Gasteiger partial charge is 0.253 e. The van der Waals surface area contributed by atoms with Crippen molar-refractivity contribution in [2.24, 2.45) is 7.05 Å². The fraction of sp³-hybridized carbons (Fsp3) is 0.389. The van der Waals surface area contributed by atoms with Crippen LogP contribution in [-0.4, -0.2) is 25.9 Å². The van der Waals surface area contributed by atoms with Crippen molar-refractivity contribution in [1.82, 2.24) is 4.57 Å². The lowest BCUT2D eigenvalue weighted by Crippen LogP contribution is -2.20. The molecule has 0 unspecified atom stereocenters. The van der Waals surface area contributed by atoms with E-state index in [4.69, 9.17) is 14.2 Å². The molecule has 1 aromatic heterocycles. The summed E-state index contributed by atoms with van der Waals surface area (Å²) < 4.78 is 17.8. The predicted molar refractivity (Wildman–Crippen MR) is 90.4 cm³/mol. The average Bonchev–Trinajstić information content (AvgIpc) is 2.56. The van der Waals surface area contributed by atoms with Gasteiger partial charge in [0.05, 0.1) is 26.4 Å². The van der Waals surface area contributed by atoms with Crippen LogP contribution in [0.15, 0.2) is 23.1 Å². The number of methoxy groups -OCH3 is 3. The molecule has 5 heteroatoms. The number of benzene rings is 1. The molecule has 0 aliphatic carbocycles. The van der Waals surface area contributed by atoms with E-state index in [1.54, 1.807) is 32.9 Å². The second-order valence-electron chi connectivity index (χ2n) is 5.50. The summed E-state index contributed by atoms with van der Waals surface area (Å²) in [7, 11) is 6.63. The van der Waals surface area contributed by atoms with Crippen molar-refractivity contribution in [3.63, 3.8) is 0 Å². The van der Waals surface area contributed by atoms with Gasteiger partial charge in [-0.1, -0.05) is 0 Å². The van der Waals surface area contributed by atoms with Crippen LogP contribution in [0.3, 0.4) is 0 Å². The molecule has 0 saturated heterocycles. The standard InChI is InChI=1S/C18H23NO4/c1-11-12(2)18(20)19(3)9-14(11)13-7-16(22-5)15(10-21-4)17(8-13)23-6/h7-9H,10H2,1-6H3. The van der Waals surface area contributed by atoms with Crippen molar-refractivity contribution in [3.05, 3.63) is 45.4 Å². The van der Waals surface area contributed by atoms with Gasteiger partial charge in [0.15, 0.2) is 0 Å². The van der Waals surface area contributed by atoms with Crippen LogP contribution in [-0.2, 0) is 18.4 Å². The zero-order chi connectivity index (χ0) is 17.1. The van der Waals surface area contributed by atoms with E-state index < -0.39 is 0 Å². The van der Waals surface area contributed by atoms with E-state index in [-0.39, 0.29) is 5.56 Å². The Balaban J connectivity index is 2.72. The molecule has 2 rings (SSSR count). The monoisotopic (exact) mass is 317 g/mol. The summed E-state index contributed by atoms with van der Waals surface area (Å²) in [6, 6.07) is 3.90. The third kappa shape index (κ3) is 3.10. The molecule has 1 heterocycles. The molecular formula is C18H23NO4. The number of rotatable bonds is 5. The summed E-state index contributed by atoms with van der Waals surface area (Å²) in [5.41, 5.74) is 4.49. The number of pyridine rings is 1. The van der Waals surface area contributed by atoms with Gasteiger partial charge in [0, 0.05) is 31.5 Å². The maximum absolute atomic E-state index is 12.1. The molecule has 0 saturated carbocycles. The first-order chi connectivity index (χ1) is 10.9. The van der Waals surface area contributed by atoms with Crippen molar-refractivity contribution in [2.75, 3.05) is 21.3 Å². The number of hydrogen-bond acceptors (Lipinski definition) is 4. The summed E-state index contributed by atoms with van der Waals surface area (Å²) in [5.74, 6) is 1.40. The predicted octanol–water partition coefficient (Wildman–Crippen LogP) is 2.83. The third-order valence-corrected chi connectivity index (χ3v) is 4.14. The van der Waals surface area contributed by atoms with Crippen LogP contribution in [0.5, 0.6) is 11.5 Å². The molecule has 1 aromatic carbocycles. The molecule has 0 atom stereocenters. The first kappa shape index (κ1) is 17.1. The number of nitrogens with zero attached hydrogens (tertiary/aromatic N) is 1. The summed E-state index contributed by atoms with van der Waals surface area (Å²) in [4.78, 5) is 12.1. The van der Waals surface area contributed by atoms with E-state index in [9.17, 15) is 4.79 Å². The van der Waals surface area contributed by atoms with Gasteiger partial charge in [0.25, 0.3) is 5.56 Å². The molecule has 5 nitrogen and oxygen atoms in total. The van der Waals surface area contributed by atoms with E-state index in [2.05, 4.69) is 0 Å². The van der Waals surface area contributed by atoms with Crippen LogP contribution in [0.2, 0.25) is 0 Å². The van der Waals surface area contributed by atoms with Gasteiger partial charge in [-0.15, -0.1) is 0 Å². The second-order valence-corrected chi connectivity index (χ2v) is 5.50. The lowest BCUT2D eigenvalue weighted by Gasteiger charge is -2.17. The van der Waals surface area contributed by atoms with Crippen molar-refractivity contribution in [3.8, 4) is 22.6 Å². The quantitative estimate of drug-likeness (QED) is 0.851. The van der Waals surface area contributed by atoms with Crippen LogP contribution in [0, 0.1) is 13.8 Å². The number of aromatic nitrogens is 1. The minimum Gasteiger partial charge on any atom is -0.496 e. The maximum atomic E-state index is 12.1.